The molecule has 0 saturated heterocycles. The van der Waals surface area contributed by atoms with Crippen LogP contribution in [-0.2, 0) is 0 Å². The van der Waals surface area contributed by atoms with E-state index >= 15 is 0 Å². The van der Waals surface area contributed by atoms with E-state index in [1.807, 2.05) is 0 Å². The fourth-order valence-corrected chi connectivity index (χ4v) is 2.60. The van der Waals surface area contributed by atoms with Gasteiger partial charge >= 0.3 is 0 Å². The number of halogens is 2. The first-order valence-corrected chi connectivity index (χ1v) is 6.63. The summed E-state index contributed by atoms with van der Waals surface area (Å²) >= 11 is 6.60. The van der Waals surface area contributed by atoms with Crippen molar-refractivity contribution in [3.05, 3.63) is 43.4 Å². The number of nitrogens with zero attached hydrogens (tertiary/aromatic N) is 1. The molecule has 2 N–H and O–H groups in total. The predicted octanol–water partition coefficient (Wildman–Crippen LogP) is 3.45. The molecule has 0 aliphatic carbocycles. The fraction of sp³-hybridized carbons (Fsp3) is 0. The zero-order chi connectivity index (χ0) is 12.9. The molecule has 0 amide bonds. The Morgan fingerprint density at radius 3 is 2.72 bits per heavy atom. The molecule has 0 saturated carbocycles. The molecule has 2 aromatic heterocycles. The van der Waals surface area contributed by atoms with Crippen LogP contribution in [0, 0.1) is 0 Å². The monoisotopic (exact) mass is 368 g/mol. The van der Waals surface area contributed by atoms with Crippen LogP contribution in [0.25, 0.3) is 22.1 Å². The normalized spacial score (nSPS) is 11.2. The maximum atomic E-state index is 12.3. The Kier molecular flexibility index (Phi) is 2.64. The third-order valence-corrected chi connectivity index (χ3v) is 3.90. The zero-order valence-electron chi connectivity index (χ0n) is 8.91. The number of fused-ring (bicyclic) bond motifs is 2. The molecule has 0 aliphatic rings. The molecule has 2 heterocycles. The van der Waals surface area contributed by atoms with Crippen molar-refractivity contribution < 1.29 is 4.42 Å². The average molecular weight is 370 g/mol. The van der Waals surface area contributed by atoms with Gasteiger partial charge in [0.1, 0.15) is 11.4 Å². The lowest BCUT2D eigenvalue weighted by Gasteiger charge is -2.04. The molecule has 0 radical (unpaired) electrons. The van der Waals surface area contributed by atoms with Crippen LogP contribution in [-0.4, -0.2) is 4.98 Å². The molecular formula is C12H6Br2N2O2. The zero-order valence-corrected chi connectivity index (χ0v) is 12.1. The van der Waals surface area contributed by atoms with Crippen LogP contribution < -0.4 is 11.2 Å². The van der Waals surface area contributed by atoms with E-state index in [1.54, 1.807) is 24.3 Å². The summed E-state index contributed by atoms with van der Waals surface area (Å²) in [5.74, 6) is 0.265. The molecular weight excluding hydrogens is 364 g/mol. The van der Waals surface area contributed by atoms with E-state index in [0.29, 0.717) is 25.5 Å². The minimum atomic E-state index is -0.196. The summed E-state index contributed by atoms with van der Waals surface area (Å²) in [6.07, 6.45) is 0. The molecule has 3 rings (SSSR count). The molecule has 0 spiro atoms. The lowest BCUT2D eigenvalue weighted by atomic mass is 10.2. The van der Waals surface area contributed by atoms with Gasteiger partial charge in [-0.1, -0.05) is 6.07 Å². The van der Waals surface area contributed by atoms with Crippen LogP contribution in [0.4, 0.5) is 5.82 Å². The van der Waals surface area contributed by atoms with Crippen LogP contribution >= 0.6 is 31.9 Å². The van der Waals surface area contributed by atoms with Gasteiger partial charge in [-0.3, -0.25) is 4.79 Å². The number of rotatable bonds is 0. The summed E-state index contributed by atoms with van der Waals surface area (Å²) in [5, 5.41) is 0.472. The topological polar surface area (TPSA) is 69.1 Å². The van der Waals surface area contributed by atoms with Crippen molar-refractivity contribution in [1.82, 2.24) is 4.98 Å². The summed E-state index contributed by atoms with van der Waals surface area (Å²) < 4.78 is 6.95. The molecule has 90 valence electrons. The van der Waals surface area contributed by atoms with Crippen LogP contribution in [0.15, 0.2) is 42.4 Å². The van der Waals surface area contributed by atoms with E-state index in [0.717, 1.165) is 0 Å². The van der Waals surface area contributed by atoms with Gasteiger partial charge in [-0.25, -0.2) is 4.98 Å². The number of nitrogen functional groups attached to an aromatic ring is 1. The Hall–Kier alpha value is -1.40. The molecule has 0 bridgehead atoms. The van der Waals surface area contributed by atoms with Crippen molar-refractivity contribution in [2.24, 2.45) is 0 Å². The van der Waals surface area contributed by atoms with Gasteiger partial charge in [0.25, 0.3) is 0 Å². The minimum Gasteiger partial charge on any atom is -0.454 e. The quantitative estimate of drug-likeness (QED) is 0.616. The highest BCUT2D eigenvalue weighted by molar-refractivity contribution is 9.11. The average Bonchev–Trinajstić information content (AvgIpc) is 2.32. The van der Waals surface area contributed by atoms with E-state index in [2.05, 4.69) is 36.8 Å². The van der Waals surface area contributed by atoms with Gasteiger partial charge in [0.05, 0.1) is 9.86 Å². The predicted molar refractivity (Wildman–Crippen MR) is 77.6 cm³/mol. The first-order valence-electron chi connectivity index (χ1n) is 5.05. The summed E-state index contributed by atoms with van der Waals surface area (Å²) in [5.41, 5.74) is 6.65. The van der Waals surface area contributed by atoms with Gasteiger partial charge in [-0.15, -0.1) is 0 Å². The smallest absolute Gasteiger partial charge is 0.220 e. The van der Waals surface area contributed by atoms with Gasteiger partial charge < -0.3 is 10.2 Å². The van der Waals surface area contributed by atoms with E-state index in [-0.39, 0.29) is 16.8 Å². The molecule has 1 aromatic carbocycles. The fourth-order valence-electron chi connectivity index (χ4n) is 1.77. The maximum absolute atomic E-state index is 12.3. The van der Waals surface area contributed by atoms with E-state index in [1.165, 1.54) is 0 Å². The Bertz CT molecular complexity index is 843. The van der Waals surface area contributed by atoms with Crippen LogP contribution in [0.3, 0.4) is 0 Å². The number of aromatic nitrogens is 1. The third kappa shape index (κ3) is 1.64. The maximum Gasteiger partial charge on any atom is 0.220 e. The summed E-state index contributed by atoms with van der Waals surface area (Å²) in [6.45, 7) is 0. The van der Waals surface area contributed by atoms with Gasteiger partial charge in [0.15, 0.2) is 11.1 Å². The number of nitrogens with two attached hydrogens (primary N) is 1. The van der Waals surface area contributed by atoms with E-state index in [9.17, 15) is 4.79 Å². The highest BCUT2D eigenvalue weighted by Crippen LogP contribution is 2.27. The van der Waals surface area contributed by atoms with Gasteiger partial charge in [0, 0.05) is 10.5 Å². The second-order valence-corrected chi connectivity index (χ2v) is 5.46. The van der Waals surface area contributed by atoms with E-state index < -0.39 is 0 Å². The molecule has 3 aromatic rings. The lowest BCUT2D eigenvalue weighted by molar-refractivity contribution is 0.658. The van der Waals surface area contributed by atoms with Crippen molar-refractivity contribution >= 4 is 59.7 Å². The van der Waals surface area contributed by atoms with Crippen molar-refractivity contribution in [1.29, 1.82) is 0 Å². The SMILES string of the molecule is Nc1nc2c(=O)c3c(Br)cccc3oc2cc1Br. The van der Waals surface area contributed by atoms with Crippen LogP contribution in [0.5, 0.6) is 0 Å². The molecule has 0 fully saturated rings. The number of hydrogen-bond acceptors (Lipinski definition) is 4. The number of pyridine rings is 1. The lowest BCUT2D eigenvalue weighted by Crippen LogP contribution is -2.06. The number of hydrogen-bond donors (Lipinski definition) is 1. The van der Waals surface area contributed by atoms with Crippen LogP contribution in [0.2, 0.25) is 0 Å². The second kappa shape index (κ2) is 4.07. The third-order valence-electron chi connectivity index (χ3n) is 2.61. The Morgan fingerprint density at radius 1 is 1.17 bits per heavy atom. The summed E-state index contributed by atoms with van der Waals surface area (Å²) in [7, 11) is 0. The molecule has 6 heteroatoms. The molecule has 4 nitrogen and oxygen atoms in total. The Labute approximate surface area is 118 Å². The molecule has 0 unspecified atom stereocenters. The molecule has 0 atom stereocenters. The molecule has 18 heavy (non-hydrogen) atoms. The van der Waals surface area contributed by atoms with Gasteiger partial charge in [-0.2, -0.15) is 0 Å². The van der Waals surface area contributed by atoms with E-state index in [4.69, 9.17) is 10.2 Å². The Morgan fingerprint density at radius 2 is 1.94 bits per heavy atom. The second-order valence-electron chi connectivity index (χ2n) is 3.75. The Balaban J connectivity index is 2.62. The number of anilines is 1. The first-order chi connectivity index (χ1) is 8.58. The van der Waals surface area contributed by atoms with Crippen molar-refractivity contribution in [3.8, 4) is 0 Å². The number of benzene rings is 1. The highest BCUT2D eigenvalue weighted by Gasteiger charge is 2.13. The van der Waals surface area contributed by atoms with Gasteiger partial charge in [0.2, 0.25) is 5.43 Å². The van der Waals surface area contributed by atoms with Crippen molar-refractivity contribution in [2.45, 2.75) is 0 Å². The first kappa shape index (κ1) is 11.7. The van der Waals surface area contributed by atoms with Crippen molar-refractivity contribution in [3.63, 3.8) is 0 Å². The van der Waals surface area contributed by atoms with Crippen molar-refractivity contribution in [2.75, 3.05) is 5.73 Å². The highest BCUT2D eigenvalue weighted by atomic mass is 79.9. The summed E-state index contributed by atoms with van der Waals surface area (Å²) in [4.78, 5) is 16.4. The standard InChI is InChI=1S/C12H6Br2N2O2/c13-5-2-1-3-7-9(5)11(17)10-8(18-7)4-6(14)12(15)16-10/h1-4H,(H2,15,16). The largest absolute Gasteiger partial charge is 0.454 e. The van der Waals surface area contributed by atoms with Crippen LogP contribution in [0.1, 0.15) is 0 Å². The van der Waals surface area contributed by atoms with Gasteiger partial charge in [-0.05, 0) is 44.0 Å². The molecule has 0 aliphatic heterocycles. The summed E-state index contributed by atoms with van der Waals surface area (Å²) in [6, 6.07) is 6.98. The minimum absolute atomic E-state index is 0.196.